The van der Waals surface area contributed by atoms with E-state index in [1.165, 1.54) is 14.0 Å². The number of hydrogen-bond donors (Lipinski definition) is 1. The van der Waals surface area contributed by atoms with Gasteiger partial charge in [-0.2, -0.15) is 0 Å². The number of carbonyl (C=O) groups is 3. The Hall–Kier alpha value is -3.15. The van der Waals surface area contributed by atoms with Crippen molar-refractivity contribution in [1.29, 1.82) is 0 Å². The van der Waals surface area contributed by atoms with E-state index < -0.39 is 23.7 Å². The lowest BCUT2D eigenvalue weighted by atomic mass is 9.83. The van der Waals surface area contributed by atoms with E-state index in [9.17, 15) is 14.4 Å². The molecule has 0 aliphatic rings. The van der Waals surface area contributed by atoms with E-state index in [1.807, 2.05) is 24.3 Å². The fraction of sp³-hybridized carbons (Fsp3) is 0.400. The van der Waals surface area contributed by atoms with E-state index in [0.29, 0.717) is 16.9 Å². The van der Waals surface area contributed by atoms with Gasteiger partial charge in [-0.1, -0.05) is 45.0 Å². The molecule has 0 spiro atoms. The molecule has 0 heterocycles. The number of ether oxygens (including phenoxy) is 2. The number of nitrogens with one attached hydrogen (secondary N) is 1. The Labute approximate surface area is 183 Å². The Morgan fingerprint density at radius 2 is 1.55 bits per heavy atom. The van der Waals surface area contributed by atoms with Crippen LogP contribution >= 0.6 is 0 Å². The van der Waals surface area contributed by atoms with Gasteiger partial charge < -0.3 is 14.8 Å². The molecule has 31 heavy (non-hydrogen) atoms. The number of amides is 1. The van der Waals surface area contributed by atoms with Crippen LogP contribution in [0.4, 0.5) is 0 Å². The Kier molecular flexibility index (Phi) is 7.97. The molecule has 0 fully saturated rings. The van der Waals surface area contributed by atoms with Gasteiger partial charge in [0.15, 0.2) is 5.78 Å². The molecule has 2 atom stereocenters. The van der Waals surface area contributed by atoms with Gasteiger partial charge in [0.25, 0.3) is 0 Å². The lowest BCUT2D eigenvalue weighted by Gasteiger charge is -2.27. The number of esters is 1. The van der Waals surface area contributed by atoms with Crippen LogP contribution in [0.5, 0.6) is 5.75 Å². The number of hydrogen-bond acceptors (Lipinski definition) is 5. The van der Waals surface area contributed by atoms with Crippen LogP contribution in [-0.4, -0.2) is 31.4 Å². The maximum Gasteiger partial charge on any atom is 0.319 e. The highest BCUT2D eigenvalue weighted by molar-refractivity contribution is 6.09. The van der Waals surface area contributed by atoms with Crippen molar-refractivity contribution in [2.75, 3.05) is 13.7 Å². The van der Waals surface area contributed by atoms with Gasteiger partial charge in [-0.3, -0.25) is 14.4 Å². The monoisotopic (exact) mass is 425 g/mol. The van der Waals surface area contributed by atoms with Crippen LogP contribution in [0, 0.1) is 5.92 Å². The maximum atomic E-state index is 13.4. The number of rotatable bonds is 8. The van der Waals surface area contributed by atoms with E-state index in [1.54, 1.807) is 31.2 Å². The maximum absolute atomic E-state index is 13.4. The van der Waals surface area contributed by atoms with E-state index in [0.717, 1.165) is 5.56 Å². The van der Waals surface area contributed by atoms with Crippen LogP contribution in [0.1, 0.15) is 62.1 Å². The van der Waals surface area contributed by atoms with Crippen LogP contribution in [0.15, 0.2) is 48.5 Å². The summed E-state index contributed by atoms with van der Waals surface area (Å²) in [5.74, 6) is -2.08. The Balaban J connectivity index is 2.52. The van der Waals surface area contributed by atoms with Gasteiger partial charge in [-0.05, 0) is 47.7 Å². The standard InChI is InChI=1S/C25H31NO5/c1-7-31-24(29)21(23(28)18-10-14-20(30-6)15-11-18)22(26-16(2)27)17-8-12-19(13-9-17)25(3,4)5/h8-15,21-22H,7H2,1-6H3,(H,26,27). The van der Waals surface area contributed by atoms with Crippen LogP contribution < -0.4 is 10.1 Å². The zero-order valence-electron chi connectivity index (χ0n) is 19.0. The summed E-state index contributed by atoms with van der Waals surface area (Å²) in [6.45, 7) is 9.46. The third-order valence-electron chi connectivity index (χ3n) is 5.03. The summed E-state index contributed by atoms with van der Waals surface area (Å²) in [6, 6.07) is 13.2. The molecule has 2 rings (SSSR count). The average Bonchev–Trinajstić information content (AvgIpc) is 2.72. The van der Waals surface area contributed by atoms with E-state index in [4.69, 9.17) is 9.47 Å². The molecule has 0 aromatic heterocycles. The molecule has 2 unspecified atom stereocenters. The highest BCUT2D eigenvalue weighted by Crippen LogP contribution is 2.30. The minimum atomic E-state index is -1.22. The summed E-state index contributed by atoms with van der Waals surface area (Å²) in [6.07, 6.45) is 0. The second-order valence-electron chi connectivity index (χ2n) is 8.37. The van der Waals surface area contributed by atoms with Gasteiger partial charge in [0.2, 0.25) is 5.91 Å². The molecular weight excluding hydrogens is 394 g/mol. The van der Waals surface area contributed by atoms with Crippen LogP contribution in [0.25, 0.3) is 0 Å². The van der Waals surface area contributed by atoms with Gasteiger partial charge in [0, 0.05) is 12.5 Å². The first-order chi connectivity index (χ1) is 14.6. The van der Waals surface area contributed by atoms with Gasteiger partial charge in [-0.15, -0.1) is 0 Å². The summed E-state index contributed by atoms with van der Waals surface area (Å²) in [7, 11) is 1.53. The molecule has 2 aromatic rings. The smallest absolute Gasteiger partial charge is 0.319 e. The third-order valence-corrected chi connectivity index (χ3v) is 5.03. The van der Waals surface area contributed by atoms with Crippen molar-refractivity contribution >= 4 is 17.7 Å². The summed E-state index contributed by atoms with van der Waals surface area (Å²) in [4.78, 5) is 38.3. The fourth-order valence-corrected chi connectivity index (χ4v) is 3.33. The van der Waals surface area contributed by atoms with Gasteiger partial charge >= 0.3 is 5.97 Å². The van der Waals surface area contributed by atoms with Gasteiger partial charge in [-0.25, -0.2) is 0 Å². The van der Waals surface area contributed by atoms with Crippen LogP contribution in [0.3, 0.4) is 0 Å². The van der Waals surface area contributed by atoms with Crippen molar-refractivity contribution in [3.05, 3.63) is 65.2 Å². The molecule has 0 radical (unpaired) electrons. The van der Waals surface area contributed by atoms with Crippen molar-refractivity contribution in [2.45, 2.75) is 46.1 Å². The summed E-state index contributed by atoms with van der Waals surface area (Å²) in [5, 5.41) is 2.78. The lowest BCUT2D eigenvalue weighted by molar-refractivity contribution is -0.147. The molecule has 0 saturated carbocycles. The van der Waals surface area contributed by atoms with E-state index in [-0.39, 0.29) is 17.9 Å². The second-order valence-corrected chi connectivity index (χ2v) is 8.37. The number of carbonyl (C=O) groups excluding carboxylic acids is 3. The molecule has 166 valence electrons. The molecule has 0 aliphatic carbocycles. The van der Waals surface area contributed by atoms with Crippen molar-refractivity contribution in [3.63, 3.8) is 0 Å². The topological polar surface area (TPSA) is 81.7 Å². The molecule has 0 aliphatic heterocycles. The largest absolute Gasteiger partial charge is 0.497 e. The van der Waals surface area contributed by atoms with Crippen LogP contribution in [-0.2, 0) is 19.7 Å². The second kappa shape index (κ2) is 10.2. The Morgan fingerprint density at radius 3 is 2.00 bits per heavy atom. The first-order valence-corrected chi connectivity index (χ1v) is 10.3. The first-order valence-electron chi connectivity index (χ1n) is 10.3. The van der Waals surface area contributed by atoms with Crippen LogP contribution in [0.2, 0.25) is 0 Å². The quantitative estimate of drug-likeness (QED) is 0.389. The summed E-state index contributed by atoms with van der Waals surface area (Å²) >= 11 is 0. The normalized spacial score (nSPS) is 13.1. The molecule has 0 bridgehead atoms. The SMILES string of the molecule is CCOC(=O)C(C(=O)c1ccc(OC)cc1)C(NC(C)=O)c1ccc(C(C)(C)C)cc1. The first kappa shape index (κ1) is 24.1. The van der Waals surface area contributed by atoms with Crippen molar-refractivity contribution < 1.29 is 23.9 Å². The Bertz CT molecular complexity index is 910. The highest BCUT2D eigenvalue weighted by atomic mass is 16.5. The number of Topliss-reactive ketones (excluding diaryl/α,β-unsaturated/α-hetero) is 1. The molecule has 1 amide bonds. The fourth-order valence-electron chi connectivity index (χ4n) is 3.33. The minimum absolute atomic E-state index is 0.0541. The predicted octanol–water partition coefficient (Wildman–Crippen LogP) is 4.23. The minimum Gasteiger partial charge on any atom is -0.497 e. The average molecular weight is 426 g/mol. The third kappa shape index (κ3) is 6.17. The van der Waals surface area contributed by atoms with Crippen molar-refractivity contribution in [3.8, 4) is 5.75 Å². The molecule has 1 N–H and O–H groups in total. The van der Waals surface area contributed by atoms with Gasteiger partial charge in [0.05, 0.1) is 19.8 Å². The molecular formula is C25H31NO5. The molecule has 6 nitrogen and oxygen atoms in total. The molecule has 0 saturated heterocycles. The van der Waals surface area contributed by atoms with Gasteiger partial charge in [0.1, 0.15) is 11.7 Å². The zero-order chi connectivity index (χ0) is 23.2. The zero-order valence-corrected chi connectivity index (χ0v) is 19.0. The lowest BCUT2D eigenvalue weighted by Crippen LogP contribution is -2.41. The highest BCUT2D eigenvalue weighted by Gasteiger charge is 2.38. The van der Waals surface area contributed by atoms with Crippen molar-refractivity contribution in [2.24, 2.45) is 5.92 Å². The summed E-state index contributed by atoms with van der Waals surface area (Å²) in [5.41, 5.74) is 2.04. The molecule has 2 aromatic carbocycles. The summed E-state index contributed by atoms with van der Waals surface area (Å²) < 4.78 is 10.4. The molecule has 6 heteroatoms. The van der Waals surface area contributed by atoms with E-state index >= 15 is 0 Å². The number of benzene rings is 2. The number of ketones is 1. The Morgan fingerprint density at radius 1 is 0.968 bits per heavy atom. The number of methoxy groups -OCH3 is 1. The van der Waals surface area contributed by atoms with Crippen molar-refractivity contribution in [1.82, 2.24) is 5.32 Å². The van der Waals surface area contributed by atoms with E-state index in [2.05, 4.69) is 26.1 Å². The predicted molar refractivity (Wildman–Crippen MR) is 119 cm³/mol.